The molecule has 1 aliphatic heterocycles. The molecule has 9 aromatic rings. The van der Waals surface area contributed by atoms with Crippen molar-refractivity contribution in [3.05, 3.63) is 140 Å². The Balaban J connectivity index is 1.15. The van der Waals surface area contributed by atoms with E-state index in [1.165, 1.54) is 60.2 Å². The molecule has 0 bridgehead atoms. The van der Waals surface area contributed by atoms with Crippen LogP contribution in [0.5, 0.6) is 0 Å². The number of aromatic nitrogens is 1. The minimum atomic E-state index is -1.74. The average molecular weight is 592 g/mol. The van der Waals surface area contributed by atoms with E-state index in [1.807, 2.05) is 12.1 Å². The SMILES string of the molecule is C[Si]1(C)c2ccccc2-c2ccc(-c3ccc4c(c3)c3ccccc3n4-c3ccc4c(ccc5oc6ccccc6c54)c3)cc21. The van der Waals surface area contributed by atoms with Crippen LogP contribution >= 0.6 is 0 Å². The monoisotopic (exact) mass is 591 g/mol. The molecule has 3 heterocycles. The fourth-order valence-corrected chi connectivity index (χ4v) is 11.1. The normalized spacial score (nSPS) is 13.7. The maximum absolute atomic E-state index is 6.18. The van der Waals surface area contributed by atoms with Crippen LogP contribution in [0.25, 0.3) is 82.5 Å². The van der Waals surface area contributed by atoms with Crippen LogP contribution in [0.2, 0.25) is 13.1 Å². The molecule has 45 heavy (non-hydrogen) atoms. The fourth-order valence-electron chi connectivity index (χ4n) is 7.99. The summed E-state index contributed by atoms with van der Waals surface area (Å²) in [6.45, 7) is 4.98. The van der Waals surface area contributed by atoms with Gasteiger partial charge in [0.1, 0.15) is 19.2 Å². The van der Waals surface area contributed by atoms with Gasteiger partial charge in [-0.05, 0) is 85.9 Å². The van der Waals surface area contributed by atoms with Crippen LogP contribution < -0.4 is 10.4 Å². The molecule has 212 valence electrons. The van der Waals surface area contributed by atoms with E-state index in [-0.39, 0.29) is 0 Å². The molecule has 7 aromatic carbocycles. The van der Waals surface area contributed by atoms with Gasteiger partial charge in [0.15, 0.2) is 0 Å². The first-order valence-electron chi connectivity index (χ1n) is 15.7. The van der Waals surface area contributed by atoms with E-state index in [1.54, 1.807) is 10.4 Å². The van der Waals surface area contributed by atoms with Gasteiger partial charge < -0.3 is 8.98 Å². The summed E-state index contributed by atoms with van der Waals surface area (Å²) in [7, 11) is -1.74. The van der Waals surface area contributed by atoms with Crippen LogP contribution in [0, 0.1) is 0 Å². The molecule has 0 spiro atoms. The summed E-state index contributed by atoms with van der Waals surface area (Å²) in [5, 5.41) is 10.4. The molecular weight excluding hydrogens is 563 g/mol. The lowest BCUT2D eigenvalue weighted by Gasteiger charge is -2.19. The molecule has 0 amide bonds. The molecule has 0 radical (unpaired) electrons. The van der Waals surface area contributed by atoms with Gasteiger partial charge in [0.05, 0.1) is 11.0 Å². The third kappa shape index (κ3) is 3.39. The second-order valence-corrected chi connectivity index (χ2v) is 17.3. The number of nitrogens with zero attached hydrogens (tertiary/aromatic N) is 1. The minimum absolute atomic E-state index is 0.932. The first kappa shape index (κ1) is 25.0. The Labute approximate surface area is 261 Å². The van der Waals surface area contributed by atoms with Gasteiger partial charge in [0, 0.05) is 27.2 Å². The van der Waals surface area contributed by atoms with Crippen LogP contribution in [-0.4, -0.2) is 12.6 Å². The summed E-state index contributed by atoms with van der Waals surface area (Å²) in [5.41, 5.74) is 10.9. The molecule has 2 nitrogen and oxygen atoms in total. The Morgan fingerprint density at radius 2 is 1.22 bits per heavy atom. The Bertz CT molecular complexity index is 2690. The van der Waals surface area contributed by atoms with E-state index in [2.05, 4.69) is 145 Å². The zero-order chi connectivity index (χ0) is 29.9. The molecule has 0 saturated carbocycles. The van der Waals surface area contributed by atoms with Gasteiger partial charge in [0.2, 0.25) is 0 Å². The Hall–Kier alpha value is -5.38. The van der Waals surface area contributed by atoms with Gasteiger partial charge in [-0.3, -0.25) is 0 Å². The van der Waals surface area contributed by atoms with Crippen molar-refractivity contribution in [3.8, 4) is 27.9 Å². The van der Waals surface area contributed by atoms with Gasteiger partial charge in [-0.15, -0.1) is 0 Å². The standard InChI is InChI=1S/C42H29NOSi/c1-45(2)40-14-8-5-10-32(40)33-19-15-27(25-41(33)45)26-16-21-37-35(24-26)31-9-3-6-12-36(31)43(37)29-18-20-30-28(23-29)17-22-39-42(30)34-11-4-7-13-38(34)44-39/h3-25H,1-2H3. The number of furan rings is 1. The average Bonchev–Trinajstić information content (AvgIpc) is 3.70. The van der Waals surface area contributed by atoms with Crippen LogP contribution in [-0.2, 0) is 0 Å². The molecule has 2 aromatic heterocycles. The number of benzene rings is 7. The van der Waals surface area contributed by atoms with Crippen LogP contribution in [0.3, 0.4) is 0 Å². The Morgan fingerprint density at radius 1 is 0.489 bits per heavy atom. The highest BCUT2D eigenvalue weighted by molar-refractivity contribution is 7.03. The summed E-state index contributed by atoms with van der Waals surface area (Å²) >= 11 is 0. The molecular formula is C42H29NOSi. The predicted octanol–water partition coefficient (Wildman–Crippen LogP) is 10.3. The number of rotatable bonds is 2. The largest absolute Gasteiger partial charge is 0.456 e. The van der Waals surface area contributed by atoms with Crippen molar-refractivity contribution in [2.75, 3.05) is 0 Å². The van der Waals surface area contributed by atoms with E-state index >= 15 is 0 Å². The fraction of sp³-hybridized carbons (Fsp3) is 0.0476. The third-order valence-corrected chi connectivity index (χ3v) is 13.7. The molecule has 0 fully saturated rings. The van der Waals surface area contributed by atoms with Crippen molar-refractivity contribution >= 4 is 73.0 Å². The van der Waals surface area contributed by atoms with Gasteiger partial charge >= 0.3 is 0 Å². The first-order chi connectivity index (χ1) is 22.1. The molecule has 0 N–H and O–H groups in total. The molecule has 0 aliphatic carbocycles. The lowest BCUT2D eigenvalue weighted by atomic mass is 9.99. The molecule has 3 heteroatoms. The maximum Gasteiger partial charge on any atom is 0.136 e. The summed E-state index contributed by atoms with van der Waals surface area (Å²) in [6, 6.07) is 51.4. The molecule has 1 aliphatic rings. The number of para-hydroxylation sites is 2. The van der Waals surface area contributed by atoms with Crippen LogP contribution in [0.15, 0.2) is 144 Å². The molecule has 0 saturated heterocycles. The maximum atomic E-state index is 6.18. The second kappa shape index (κ2) is 8.84. The quantitative estimate of drug-likeness (QED) is 0.183. The zero-order valence-corrected chi connectivity index (χ0v) is 26.1. The van der Waals surface area contributed by atoms with E-state index < -0.39 is 8.07 Å². The van der Waals surface area contributed by atoms with Crippen molar-refractivity contribution in [2.24, 2.45) is 0 Å². The second-order valence-electron chi connectivity index (χ2n) is 13.0. The lowest BCUT2D eigenvalue weighted by Crippen LogP contribution is -2.49. The Morgan fingerprint density at radius 3 is 2.16 bits per heavy atom. The molecule has 0 atom stereocenters. The van der Waals surface area contributed by atoms with Crippen molar-refractivity contribution < 1.29 is 4.42 Å². The highest BCUT2D eigenvalue weighted by atomic mass is 28.3. The zero-order valence-electron chi connectivity index (χ0n) is 25.1. The van der Waals surface area contributed by atoms with E-state index in [9.17, 15) is 0 Å². The van der Waals surface area contributed by atoms with Crippen molar-refractivity contribution in [3.63, 3.8) is 0 Å². The van der Waals surface area contributed by atoms with E-state index in [4.69, 9.17) is 4.42 Å². The minimum Gasteiger partial charge on any atom is -0.456 e. The highest BCUT2D eigenvalue weighted by Gasteiger charge is 2.37. The third-order valence-electron chi connectivity index (χ3n) is 10.2. The highest BCUT2D eigenvalue weighted by Crippen LogP contribution is 2.39. The smallest absolute Gasteiger partial charge is 0.136 e. The van der Waals surface area contributed by atoms with Gasteiger partial charge in [-0.1, -0.05) is 110 Å². The van der Waals surface area contributed by atoms with Crippen molar-refractivity contribution in [1.82, 2.24) is 4.57 Å². The predicted molar refractivity (Wildman–Crippen MR) is 193 cm³/mol. The first-order valence-corrected chi connectivity index (χ1v) is 18.7. The topological polar surface area (TPSA) is 18.1 Å². The lowest BCUT2D eigenvalue weighted by molar-refractivity contribution is 0.669. The van der Waals surface area contributed by atoms with Crippen molar-refractivity contribution in [1.29, 1.82) is 0 Å². The molecule has 10 rings (SSSR count). The Kier molecular flexibility index (Phi) is 4.91. The number of hydrogen-bond donors (Lipinski definition) is 0. The number of fused-ring (bicyclic) bond motifs is 11. The van der Waals surface area contributed by atoms with Crippen LogP contribution in [0.1, 0.15) is 0 Å². The molecule has 0 unspecified atom stereocenters. The van der Waals surface area contributed by atoms with Crippen molar-refractivity contribution in [2.45, 2.75) is 13.1 Å². The number of hydrogen-bond acceptors (Lipinski definition) is 1. The summed E-state index contributed by atoms with van der Waals surface area (Å²) in [4.78, 5) is 0. The summed E-state index contributed by atoms with van der Waals surface area (Å²) < 4.78 is 8.59. The summed E-state index contributed by atoms with van der Waals surface area (Å²) in [5.74, 6) is 0. The van der Waals surface area contributed by atoms with Gasteiger partial charge in [-0.2, -0.15) is 0 Å². The van der Waals surface area contributed by atoms with Gasteiger partial charge in [-0.25, -0.2) is 0 Å². The van der Waals surface area contributed by atoms with Gasteiger partial charge in [0.25, 0.3) is 0 Å². The van der Waals surface area contributed by atoms with E-state index in [0.29, 0.717) is 0 Å². The summed E-state index contributed by atoms with van der Waals surface area (Å²) in [6.07, 6.45) is 0. The van der Waals surface area contributed by atoms with Crippen LogP contribution in [0.4, 0.5) is 0 Å². The van der Waals surface area contributed by atoms with E-state index in [0.717, 1.165) is 22.2 Å².